The van der Waals surface area contributed by atoms with Gasteiger partial charge in [-0.05, 0) is 30.2 Å². The predicted octanol–water partition coefficient (Wildman–Crippen LogP) is 2.70. The first-order chi connectivity index (χ1) is 15.1. The summed E-state index contributed by atoms with van der Waals surface area (Å²) in [5.74, 6) is -0.0405. The molecule has 0 bridgehead atoms. The molecule has 154 valence electrons. The molecule has 0 aliphatic carbocycles. The number of nitriles is 1. The number of nitrogens with two attached hydrogens (primary N) is 1. The summed E-state index contributed by atoms with van der Waals surface area (Å²) in [5.41, 5.74) is 9.33. The summed E-state index contributed by atoms with van der Waals surface area (Å²) in [6, 6.07) is 20.1. The number of amides is 1. The lowest BCUT2D eigenvalue weighted by Gasteiger charge is -2.12. The molecule has 4 rings (SSSR count). The van der Waals surface area contributed by atoms with Crippen molar-refractivity contribution in [2.75, 3.05) is 12.3 Å². The van der Waals surface area contributed by atoms with Gasteiger partial charge in [-0.3, -0.25) is 4.79 Å². The molecule has 1 unspecified atom stereocenters. The average Bonchev–Trinajstić information content (AvgIpc) is 3.20. The Morgan fingerprint density at radius 2 is 2.00 bits per heavy atom. The molecule has 0 saturated carbocycles. The van der Waals surface area contributed by atoms with Crippen LogP contribution in [0.5, 0.6) is 0 Å². The molecule has 2 aromatic heterocycles. The van der Waals surface area contributed by atoms with Crippen molar-refractivity contribution >= 4 is 17.2 Å². The molecular weight excluding hydrogens is 392 g/mol. The van der Waals surface area contributed by atoms with Gasteiger partial charge < -0.3 is 16.2 Å². The van der Waals surface area contributed by atoms with E-state index in [1.807, 2.05) is 36.4 Å². The topological polar surface area (TPSA) is 129 Å². The van der Waals surface area contributed by atoms with Gasteiger partial charge in [0.2, 0.25) is 0 Å². The zero-order valence-corrected chi connectivity index (χ0v) is 16.6. The molecule has 2 heterocycles. The van der Waals surface area contributed by atoms with Gasteiger partial charge in [-0.2, -0.15) is 10.4 Å². The summed E-state index contributed by atoms with van der Waals surface area (Å²) in [4.78, 5) is 16.6. The number of hydrogen-bond donors (Lipinski definition) is 3. The molecule has 0 saturated heterocycles. The molecule has 0 spiro atoms. The number of carbonyl (C=O) groups excluding carboxylic acids is 1. The van der Waals surface area contributed by atoms with E-state index >= 15 is 0 Å². The van der Waals surface area contributed by atoms with Crippen LogP contribution < -0.4 is 11.1 Å². The molecular formula is C23H20N6O2. The minimum Gasteiger partial charge on any atom is -0.388 e. The van der Waals surface area contributed by atoms with E-state index in [0.29, 0.717) is 40.9 Å². The molecule has 0 radical (unpaired) electrons. The first-order valence-electron chi connectivity index (χ1n) is 9.72. The van der Waals surface area contributed by atoms with E-state index < -0.39 is 6.10 Å². The molecule has 1 amide bonds. The highest BCUT2D eigenvalue weighted by Gasteiger charge is 2.16. The van der Waals surface area contributed by atoms with Crippen LogP contribution in [0.25, 0.3) is 16.8 Å². The second kappa shape index (κ2) is 8.65. The number of aromatic nitrogens is 3. The Morgan fingerprint density at radius 1 is 1.19 bits per heavy atom. The van der Waals surface area contributed by atoms with Crippen LogP contribution in [0.15, 0.2) is 67.0 Å². The van der Waals surface area contributed by atoms with E-state index in [-0.39, 0.29) is 11.7 Å². The van der Waals surface area contributed by atoms with Crippen molar-refractivity contribution in [2.45, 2.75) is 12.5 Å². The number of aliphatic hydroxyl groups excluding tert-OH is 1. The molecule has 2 aromatic carbocycles. The minimum atomic E-state index is -0.644. The van der Waals surface area contributed by atoms with Crippen molar-refractivity contribution in [3.05, 3.63) is 83.7 Å². The first kappa shape index (κ1) is 20.1. The van der Waals surface area contributed by atoms with E-state index in [9.17, 15) is 15.2 Å². The number of carbonyl (C=O) groups is 1. The monoisotopic (exact) mass is 412 g/mol. The number of hydrogen-bond acceptors (Lipinski definition) is 6. The second-order valence-corrected chi connectivity index (χ2v) is 7.01. The van der Waals surface area contributed by atoms with E-state index in [1.54, 1.807) is 28.8 Å². The summed E-state index contributed by atoms with van der Waals surface area (Å²) in [5, 5.41) is 26.7. The molecule has 4 aromatic rings. The van der Waals surface area contributed by atoms with Crippen LogP contribution in [0.1, 0.15) is 34.0 Å². The lowest BCUT2D eigenvalue weighted by Crippen LogP contribution is -2.25. The normalized spacial score (nSPS) is 11.7. The van der Waals surface area contributed by atoms with E-state index in [1.165, 1.54) is 6.33 Å². The third-order valence-corrected chi connectivity index (χ3v) is 5.01. The number of aliphatic hydroxyl groups is 1. The van der Waals surface area contributed by atoms with Crippen LogP contribution in [0, 0.1) is 11.3 Å². The Balaban J connectivity index is 1.51. The van der Waals surface area contributed by atoms with Crippen molar-refractivity contribution in [3.8, 4) is 17.3 Å². The van der Waals surface area contributed by atoms with Gasteiger partial charge in [0.15, 0.2) is 5.82 Å². The van der Waals surface area contributed by atoms with Gasteiger partial charge in [0.1, 0.15) is 17.9 Å². The largest absolute Gasteiger partial charge is 0.388 e. The number of fused-ring (bicyclic) bond motifs is 1. The molecule has 0 aliphatic heterocycles. The van der Waals surface area contributed by atoms with E-state index in [0.717, 1.165) is 5.56 Å². The van der Waals surface area contributed by atoms with E-state index in [2.05, 4.69) is 21.5 Å². The Labute approximate surface area is 178 Å². The number of nitrogens with one attached hydrogen (secondary N) is 1. The van der Waals surface area contributed by atoms with Crippen molar-refractivity contribution in [1.82, 2.24) is 19.9 Å². The molecule has 4 N–H and O–H groups in total. The summed E-state index contributed by atoms with van der Waals surface area (Å²) < 4.78 is 1.55. The van der Waals surface area contributed by atoms with Gasteiger partial charge >= 0.3 is 0 Å². The maximum atomic E-state index is 12.6. The van der Waals surface area contributed by atoms with Crippen molar-refractivity contribution in [2.24, 2.45) is 0 Å². The molecule has 0 aliphatic rings. The quantitative estimate of drug-likeness (QED) is 0.446. The van der Waals surface area contributed by atoms with Crippen LogP contribution in [-0.4, -0.2) is 32.2 Å². The third kappa shape index (κ3) is 4.08. The molecule has 1 atom stereocenters. The number of anilines is 1. The van der Waals surface area contributed by atoms with Gasteiger partial charge in [0, 0.05) is 17.7 Å². The standard InChI is InChI=1S/C23H20N6O2/c24-13-18-12-19(29-21(18)22(25)27-14-28-29)16-7-4-8-17(11-16)23(31)26-10-9-20(30)15-5-2-1-3-6-15/h1-8,11-12,14,20,30H,9-10H2,(H,26,31)(H2,25,27,28). The van der Waals surface area contributed by atoms with Crippen LogP contribution in [0.3, 0.4) is 0 Å². The van der Waals surface area contributed by atoms with Gasteiger partial charge in [0.05, 0.1) is 17.4 Å². The van der Waals surface area contributed by atoms with Gasteiger partial charge in [-0.25, -0.2) is 9.50 Å². The van der Waals surface area contributed by atoms with Crippen LogP contribution >= 0.6 is 0 Å². The fourth-order valence-electron chi connectivity index (χ4n) is 3.44. The van der Waals surface area contributed by atoms with Crippen LogP contribution in [0.2, 0.25) is 0 Å². The Bertz CT molecular complexity index is 1280. The minimum absolute atomic E-state index is 0.212. The highest BCUT2D eigenvalue weighted by atomic mass is 16.3. The molecule has 31 heavy (non-hydrogen) atoms. The lowest BCUT2D eigenvalue weighted by molar-refractivity contribution is 0.0942. The molecule has 8 nitrogen and oxygen atoms in total. The van der Waals surface area contributed by atoms with Crippen molar-refractivity contribution in [3.63, 3.8) is 0 Å². The average molecular weight is 412 g/mol. The zero-order valence-electron chi connectivity index (χ0n) is 16.6. The number of nitrogen functional groups attached to an aromatic ring is 1. The maximum Gasteiger partial charge on any atom is 0.251 e. The fraction of sp³-hybridized carbons (Fsp3) is 0.130. The number of nitrogens with zero attached hydrogens (tertiary/aromatic N) is 4. The van der Waals surface area contributed by atoms with Crippen molar-refractivity contribution in [1.29, 1.82) is 5.26 Å². The first-order valence-corrected chi connectivity index (χ1v) is 9.72. The van der Waals surface area contributed by atoms with Crippen LogP contribution in [-0.2, 0) is 0 Å². The summed E-state index contributed by atoms with van der Waals surface area (Å²) in [7, 11) is 0. The highest BCUT2D eigenvalue weighted by Crippen LogP contribution is 2.27. The van der Waals surface area contributed by atoms with E-state index in [4.69, 9.17) is 5.73 Å². The van der Waals surface area contributed by atoms with Gasteiger partial charge in [-0.15, -0.1) is 0 Å². The molecule has 0 fully saturated rings. The van der Waals surface area contributed by atoms with Gasteiger partial charge in [0.25, 0.3) is 5.91 Å². The summed E-state index contributed by atoms with van der Waals surface area (Å²) in [6.45, 7) is 0.329. The lowest BCUT2D eigenvalue weighted by atomic mass is 10.1. The fourth-order valence-corrected chi connectivity index (χ4v) is 3.44. The predicted molar refractivity (Wildman–Crippen MR) is 116 cm³/mol. The zero-order chi connectivity index (χ0) is 21.8. The number of rotatable bonds is 6. The highest BCUT2D eigenvalue weighted by molar-refractivity contribution is 5.95. The van der Waals surface area contributed by atoms with Crippen molar-refractivity contribution < 1.29 is 9.90 Å². The summed E-state index contributed by atoms with van der Waals surface area (Å²) in [6.07, 6.45) is 1.08. The summed E-state index contributed by atoms with van der Waals surface area (Å²) >= 11 is 0. The number of benzene rings is 2. The van der Waals surface area contributed by atoms with Gasteiger partial charge in [-0.1, -0.05) is 42.5 Å². The van der Waals surface area contributed by atoms with Crippen LogP contribution in [0.4, 0.5) is 5.82 Å². The third-order valence-electron chi connectivity index (χ3n) is 5.01. The maximum absolute atomic E-state index is 12.6. The Morgan fingerprint density at radius 3 is 2.77 bits per heavy atom. The Hall–Kier alpha value is -4.22. The molecule has 8 heteroatoms. The Kier molecular flexibility index (Phi) is 5.60. The second-order valence-electron chi connectivity index (χ2n) is 7.01. The SMILES string of the molecule is N#Cc1cc(-c2cccc(C(=O)NCCC(O)c3ccccc3)c2)n2ncnc(N)c12. The smallest absolute Gasteiger partial charge is 0.251 e.